The predicted octanol–water partition coefficient (Wildman–Crippen LogP) is 3.24. The van der Waals surface area contributed by atoms with Crippen molar-refractivity contribution in [2.45, 2.75) is 27.7 Å². The number of amides is 1. The fraction of sp³-hybridized carbons (Fsp3) is 0.471. The van der Waals surface area contributed by atoms with Gasteiger partial charge >= 0.3 is 0 Å². The van der Waals surface area contributed by atoms with Crippen molar-refractivity contribution in [1.82, 2.24) is 0 Å². The molecule has 2 rings (SSSR count). The van der Waals surface area contributed by atoms with Gasteiger partial charge in [0.05, 0.1) is 12.2 Å². The molecule has 0 aliphatic heterocycles. The number of hydrogen-bond donors (Lipinski definition) is 2. The highest BCUT2D eigenvalue weighted by Crippen LogP contribution is 2.59. The van der Waals surface area contributed by atoms with Gasteiger partial charge in [-0.3, -0.25) is 9.52 Å². The van der Waals surface area contributed by atoms with Gasteiger partial charge in [-0.15, -0.1) is 0 Å². The van der Waals surface area contributed by atoms with E-state index in [0.29, 0.717) is 11.4 Å². The van der Waals surface area contributed by atoms with E-state index in [2.05, 4.69) is 30.0 Å². The van der Waals surface area contributed by atoms with Crippen LogP contribution in [0.1, 0.15) is 27.7 Å². The molecular formula is C17H24N2O3S. The lowest BCUT2D eigenvalue weighted by Gasteiger charge is -2.08. The average Bonchev–Trinajstić information content (AvgIpc) is 2.90. The van der Waals surface area contributed by atoms with Gasteiger partial charge in [0.25, 0.3) is 0 Å². The Hall–Kier alpha value is -1.82. The normalized spacial score (nSPS) is 22.1. The third kappa shape index (κ3) is 4.34. The second kappa shape index (κ2) is 6.00. The van der Waals surface area contributed by atoms with Gasteiger partial charge in [-0.25, -0.2) is 8.42 Å². The number of carbonyl (C=O) groups excluding carboxylic acids is 1. The summed E-state index contributed by atoms with van der Waals surface area (Å²) in [5, 5.41) is 2.91. The SMILES string of the molecule is CC(C)=CC1C(C(=O)Nc2ccc(NS(C)(=O)=O)cc2)C1(C)C. The number of sulfonamides is 1. The molecule has 0 radical (unpaired) electrons. The largest absolute Gasteiger partial charge is 0.326 e. The molecule has 0 aromatic heterocycles. The first-order valence-electron chi connectivity index (χ1n) is 7.54. The van der Waals surface area contributed by atoms with Crippen LogP contribution in [0.5, 0.6) is 0 Å². The molecular weight excluding hydrogens is 312 g/mol. The van der Waals surface area contributed by atoms with Crippen LogP contribution in [-0.4, -0.2) is 20.6 Å². The van der Waals surface area contributed by atoms with Gasteiger partial charge in [-0.05, 0) is 49.4 Å². The maximum absolute atomic E-state index is 12.4. The van der Waals surface area contributed by atoms with Crippen molar-refractivity contribution in [3.05, 3.63) is 35.9 Å². The third-order valence-electron chi connectivity index (χ3n) is 4.16. The molecule has 0 heterocycles. The second-order valence-electron chi connectivity index (χ2n) is 7.01. The number of hydrogen-bond acceptors (Lipinski definition) is 3. The van der Waals surface area contributed by atoms with Crippen LogP contribution in [0.4, 0.5) is 11.4 Å². The number of allylic oxidation sites excluding steroid dienone is 2. The molecule has 0 bridgehead atoms. The summed E-state index contributed by atoms with van der Waals surface area (Å²) in [4.78, 5) is 12.4. The van der Waals surface area contributed by atoms with Gasteiger partial charge in [-0.2, -0.15) is 0 Å². The quantitative estimate of drug-likeness (QED) is 0.811. The van der Waals surface area contributed by atoms with E-state index in [1.165, 1.54) is 5.57 Å². The van der Waals surface area contributed by atoms with Crippen molar-refractivity contribution in [2.24, 2.45) is 17.3 Å². The van der Waals surface area contributed by atoms with Crippen molar-refractivity contribution >= 4 is 27.3 Å². The molecule has 1 saturated carbocycles. The summed E-state index contributed by atoms with van der Waals surface area (Å²) in [7, 11) is -3.29. The highest BCUT2D eigenvalue weighted by Gasteiger charge is 2.60. The van der Waals surface area contributed by atoms with E-state index >= 15 is 0 Å². The van der Waals surface area contributed by atoms with E-state index in [0.717, 1.165) is 6.26 Å². The molecule has 0 saturated heterocycles. The predicted molar refractivity (Wildman–Crippen MR) is 93.7 cm³/mol. The van der Waals surface area contributed by atoms with Gasteiger partial charge < -0.3 is 5.32 Å². The lowest BCUT2D eigenvalue weighted by molar-refractivity contribution is -0.118. The topological polar surface area (TPSA) is 75.3 Å². The zero-order valence-corrected chi connectivity index (χ0v) is 15.0. The Bertz CT molecular complexity index is 730. The fourth-order valence-electron chi connectivity index (χ4n) is 2.90. The van der Waals surface area contributed by atoms with Gasteiger partial charge in [0.2, 0.25) is 15.9 Å². The fourth-order valence-corrected chi connectivity index (χ4v) is 3.47. The first-order chi connectivity index (χ1) is 10.5. The zero-order chi connectivity index (χ0) is 17.4. The van der Waals surface area contributed by atoms with Crippen LogP contribution in [0.25, 0.3) is 0 Å². The number of carbonyl (C=O) groups is 1. The Morgan fingerprint density at radius 2 is 1.65 bits per heavy atom. The van der Waals surface area contributed by atoms with Crippen molar-refractivity contribution < 1.29 is 13.2 Å². The first kappa shape index (κ1) is 17.5. The summed E-state index contributed by atoms with van der Waals surface area (Å²) in [5.41, 5.74) is 2.32. The first-order valence-corrected chi connectivity index (χ1v) is 9.43. The second-order valence-corrected chi connectivity index (χ2v) is 8.76. The maximum Gasteiger partial charge on any atom is 0.229 e. The van der Waals surface area contributed by atoms with Crippen LogP contribution >= 0.6 is 0 Å². The number of anilines is 2. The van der Waals surface area contributed by atoms with Crippen molar-refractivity contribution in [3.63, 3.8) is 0 Å². The Morgan fingerprint density at radius 1 is 1.13 bits per heavy atom. The summed E-state index contributed by atoms with van der Waals surface area (Å²) >= 11 is 0. The number of nitrogens with one attached hydrogen (secondary N) is 2. The molecule has 5 nitrogen and oxygen atoms in total. The van der Waals surface area contributed by atoms with Crippen LogP contribution in [0, 0.1) is 17.3 Å². The molecule has 1 fully saturated rings. The number of rotatable bonds is 5. The molecule has 6 heteroatoms. The van der Waals surface area contributed by atoms with E-state index in [1.807, 2.05) is 13.8 Å². The molecule has 2 atom stereocenters. The van der Waals surface area contributed by atoms with E-state index < -0.39 is 10.0 Å². The highest BCUT2D eigenvalue weighted by atomic mass is 32.2. The van der Waals surface area contributed by atoms with Crippen LogP contribution in [0.15, 0.2) is 35.9 Å². The average molecular weight is 336 g/mol. The minimum absolute atomic E-state index is 0.00122. The van der Waals surface area contributed by atoms with Gasteiger partial charge in [0.1, 0.15) is 0 Å². The van der Waals surface area contributed by atoms with E-state index in [4.69, 9.17) is 0 Å². The molecule has 1 aromatic carbocycles. The van der Waals surface area contributed by atoms with Gasteiger partial charge in [0, 0.05) is 11.4 Å². The standard InChI is InChI=1S/C17H24N2O3S/c1-11(2)10-14-15(17(14,3)4)16(20)18-12-6-8-13(9-7-12)19-23(5,21)22/h6-10,14-15,19H,1-5H3,(H,18,20). The lowest BCUT2D eigenvalue weighted by Crippen LogP contribution is -2.17. The molecule has 2 N–H and O–H groups in total. The molecule has 2 unspecified atom stereocenters. The summed E-state index contributed by atoms with van der Waals surface area (Å²) in [6, 6.07) is 6.64. The smallest absolute Gasteiger partial charge is 0.229 e. The number of benzene rings is 1. The van der Waals surface area contributed by atoms with E-state index in [1.54, 1.807) is 24.3 Å². The molecule has 1 aliphatic rings. The van der Waals surface area contributed by atoms with Gasteiger partial charge in [-0.1, -0.05) is 25.5 Å². The minimum atomic E-state index is -3.29. The van der Waals surface area contributed by atoms with Crippen LogP contribution < -0.4 is 10.0 Å². The Balaban J connectivity index is 2.03. The Kier molecular flexibility index (Phi) is 4.57. The molecule has 1 amide bonds. The van der Waals surface area contributed by atoms with Gasteiger partial charge in [0.15, 0.2) is 0 Å². The summed E-state index contributed by atoms with van der Waals surface area (Å²) in [6.45, 7) is 8.27. The molecule has 126 valence electrons. The van der Waals surface area contributed by atoms with Crippen molar-refractivity contribution in [2.75, 3.05) is 16.3 Å². The van der Waals surface area contributed by atoms with Crippen molar-refractivity contribution in [3.8, 4) is 0 Å². The minimum Gasteiger partial charge on any atom is -0.326 e. The summed E-state index contributed by atoms with van der Waals surface area (Å²) < 4.78 is 24.7. The molecule has 1 aromatic rings. The molecule has 1 aliphatic carbocycles. The lowest BCUT2D eigenvalue weighted by atomic mass is 10.1. The van der Waals surface area contributed by atoms with Crippen molar-refractivity contribution in [1.29, 1.82) is 0 Å². The zero-order valence-electron chi connectivity index (χ0n) is 14.2. The van der Waals surface area contributed by atoms with E-state index in [9.17, 15) is 13.2 Å². The third-order valence-corrected chi connectivity index (χ3v) is 4.77. The van der Waals surface area contributed by atoms with Crippen LogP contribution in [0.2, 0.25) is 0 Å². The van der Waals surface area contributed by atoms with Crippen LogP contribution in [-0.2, 0) is 14.8 Å². The summed E-state index contributed by atoms with van der Waals surface area (Å²) in [6.07, 6.45) is 3.25. The van der Waals surface area contributed by atoms with Crippen LogP contribution in [0.3, 0.4) is 0 Å². The Labute approximate surface area is 138 Å². The molecule has 23 heavy (non-hydrogen) atoms. The molecule has 0 spiro atoms. The Morgan fingerprint density at radius 3 is 2.13 bits per heavy atom. The summed E-state index contributed by atoms with van der Waals surface area (Å²) in [5.74, 6) is 0.228. The monoisotopic (exact) mass is 336 g/mol. The van der Waals surface area contributed by atoms with E-state index in [-0.39, 0.29) is 23.2 Å². The maximum atomic E-state index is 12.4. The highest BCUT2D eigenvalue weighted by molar-refractivity contribution is 7.92.